The Balaban J connectivity index is 2.50. The van der Waals surface area contributed by atoms with E-state index in [1.807, 2.05) is 0 Å². The molecule has 7 heteroatoms. The van der Waals surface area contributed by atoms with E-state index in [2.05, 4.69) is 21.0 Å². The van der Waals surface area contributed by atoms with Crippen molar-refractivity contribution < 1.29 is 9.13 Å². The van der Waals surface area contributed by atoms with Crippen LogP contribution >= 0.6 is 15.9 Å². The van der Waals surface area contributed by atoms with E-state index < -0.39 is 11.5 Å². The zero-order valence-corrected chi connectivity index (χ0v) is 10.5. The van der Waals surface area contributed by atoms with E-state index in [-0.39, 0.29) is 12.4 Å². The van der Waals surface area contributed by atoms with Crippen LogP contribution in [0.3, 0.4) is 0 Å². The van der Waals surface area contributed by atoms with Gasteiger partial charge in [0.2, 0.25) is 0 Å². The van der Waals surface area contributed by atoms with Crippen molar-refractivity contribution in [2.24, 2.45) is 0 Å². The summed E-state index contributed by atoms with van der Waals surface area (Å²) in [4.78, 5) is 11.8. The average molecular weight is 302 g/mol. The van der Waals surface area contributed by atoms with Crippen molar-refractivity contribution in [1.29, 1.82) is 0 Å². The Hall–Kier alpha value is -1.47. The smallest absolute Gasteiger partial charge is 0.352 e. The summed E-state index contributed by atoms with van der Waals surface area (Å²) in [5.41, 5.74) is -0.298. The molecule has 0 aliphatic heterocycles. The fourth-order valence-electron chi connectivity index (χ4n) is 1.39. The molecule has 2 aromatic rings. The first kappa shape index (κ1) is 12.0. The standard InChI is InChI=1S/C10H9BrFN3O2/c1-17-6-15-10(16)14(5-13-15)9-3-2-7(11)4-8(9)12/h2-5H,6H2,1H3. The lowest BCUT2D eigenvalue weighted by Crippen LogP contribution is -2.25. The maximum Gasteiger partial charge on any atom is 0.352 e. The predicted octanol–water partition coefficient (Wildman–Crippen LogP) is 1.54. The van der Waals surface area contributed by atoms with Gasteiger partial charge in [-0.25, -0.2) is 13.8 Å². The number of methoxy groups -OCH3 is 1. The van der Waals surface area contributed by atoms with Gasteiger partial charge in [-0.05, 0) is 18.2 Å². The van der Waals surface area contributed by atoms with E-state index in [0.717, 1.165) is 9.25 Å². The molecule has 0 aliphatic rings. The number of nitrogens with zero attached hydrogens (tertiary/aromatic N) is 3. The van der Waals surface area contributed by atoms with Gasteiger partial charge in [-0.1, -0.05) is 15.9 Å². The summed E-state index contributed by atoms with van der Waals surface area (Å²) >= 11 is 3.15. The third-order valence-corrected chi connectivity index (χ3v) is 2.65. The maximum absolute atomic E-state index is 13.7. The molecule has 0 aliphatic carbocycles. The molecular weight excluding hydrogens is 293 g/mol. The lowest BCUT2D eigenvalue weighted by Gasteiger charge is -2.02. The first-order valence-corrected chi connectivity index (χ1v) is 5.51. The minimum atomic E-state index is -0.501. The molecule has 0 saturated heterocycles. The molecule has 0 unspecified atom stereocenters. The third kappa shape index (κ3) is 2.29. The van der Waals surface area contributed by atoms with E-state index >= 15 is 0 Å². The number of ether oxygens (including phenoxy) is 1. The molecule has 0 atom stereocenters. The van der Waals surface area contributed by atoms with Gasteiger partial charge in [0.25, 0.3) is 0 Å². The van der Waals surface area contributed by atoms with E-state index in [1.165, 1.54) is 25.6 Å². The van der Waals surface area contributed by atoms with Crippen molar-refractivity contribution >= 4 is 15.9 Å². The molecule has 1 aromatic heterocycles. The molecule has 1 heterocycles. The number of halogens is 2. The van der Waals surface area contributed by atoms with Gasteiger partial charge in [0.05, 0.1) is 5.69 Å². The summed E-state index contributed by atoms with van der Waals surface area (Å²) in [6, 6.07) is 4.44. The van der Waals surface area contributed by atoms with E-state index in [0.29, 0.717) is 4.47 Å². The molecule has 90 valence electrons. The highest BCUT2D eigenvalue weighted by Crippen LogP contribution is 2.17. The summed E-state index contributed by atoms with van der Waals surface area (Å²) < 4.78 is 21.3. The van der Waals surface area contributed by atoms with Crippen LogP contribution in [0.4, 0.5) is 4.39 Å². The van der Waals surface area contributed by atoms with Crippen LogP contribution in [0.25, 0.3) is 5.69 Å². The van der Waals surface area contributed by atoms with E-state index in [9.17, 15) is 9.18 Å². The highest BCUT2D eigenvalue weighted by Gasteiger charge is 2.10. The minimum Gasteiger partial charge on any atom is -0.362 e. The molecule has 0 amide bonds. The molecular formula is C10H9BrFN3O2. The van der Waals surface area contributed by atoms with Crippen LogP contribution in [0.2, 0.25) is 0 Å². The van der Waals surface area contributed by atoms with Crippen LogP contribution in [0, 0.1) is 5.82 Å². The van der Waals surface area contributed by atoms with Crippen molar-refractivity contribution in [2.45, 2.75) is 6.73 Å². The first-order chi connectivity index (χ1) is 8.13. The molecule has 5 nitrogen and oxygen atoms in total. The number of benzene rings is 1. The van der Waals surface area contributed by atoms with Gasteiger partial charge >= 0.3 is 5.69 Å². The summed E-state index contributed by atoms with van der Waals surface area (Å²) in [5.74, 6) is -0.501. The van der Waals surface area contributed by atoms with Crippen molar-refractivity contribution in [3.8, 4) is 5.69 Å². The van der Waals surface area contributed by atoms with Gasteiger partial charge in [-0.15, -0.1) is 0 Å². The van der Waals surface area contributed by atoms with Crippen LogP contribution in [0.15, 0.2) is 33.8 Å². The highest BCUT2D eigenvalue weighted by molar-refractivity contribution is 9.10. The Morgan fingerprint density at radius 1 is 1.53 bits per heavy atom. The van der Waals surface area contributed by atoms with Crippen molar-refractivity contribution in [3.63, 3.8) is 0 Å². The Morgan fingerprint density at radius 3 is 2.94 bits per heavy atom. The second kappa shape index (κ2) is 4.80. The van der Waals surface area contributed by atoms with Gasteiger partial charge in [0, 0.05) is 11.6 Å². The molecule has 17 heavy (non-hydrogen) atoms. The van der Waals surface area contributed by atoms with E-state index in [1.54, 1.807) is 6.07 Å². The third-order valence-electron chi connectivity index (χ3n) is 2.15. The van der Waals surface area contributed by atoms with Crippen LogP contribution in [-0.4, -0.2) is 21.5 Å². The Morgan fingerprint density at radius 2 is 2.29 bits per heavy atom. The monoisotopic (exact) mass is 301 g/mol. The lowest BCUT2D eigenvalue weighted by molar-refractivity contribution is 0.117. The molecule has 0 radical (unpaired) electrons. The predicted molar refractivity (Wildman–Crippen MR) is 62.5 cm³/mol. The van der Waals surface area contributed by atoms with E-state index in [4.69, 9.17) is 4.74 Å². The summed E-state index contributed by atoms with van der Waals surface area (Å²) in [5, 5.41) is 3.81. The van der Waals surface area contributed by atoms with Crippen LogP contribution in [-0.2, 0) is 11.5 Å². The van der Waals surface area contributed by atoms with Gasteiger partial charge in [0.1, 0.15) is 18.9 Å². The van der Waals surface area contributed by atoms with Crippen molar-refractivity contribution in [1.82, 2.24) is 14.3 Å². The largest absolute Gasteiger partial charge is 0.362 e. The van der Waals surface area contributed by atoms with Crippen LogP contribution < -0.4 is 5.69 Å². The molecule has 0 spiro atoms. The Bertz CT molecular complexity index is 593. The zero-order valence-electron chi connectivity index (χ0n) is 8.93. The summed E-state index contributed by atoms with van der Waals surface area (Å²) in [6.45, 7) is 0.0317. The van der Waals surface area contributed by atoms with Crippen LogP contribution in [0.1, 0.15) is 0 Å². The quantitative estimate of drug-likeness (QED) is 0.864. The van der Waals surface area contributed by atoms with Crippen molar-refractivity contribution in [2.75, 3.05) is 7.11 Å². The van der Waals surface area contributed by atoms with Gasteiger partial charge in [-0.3, -0.25) is 0 Å². The topological polar surface area (TPSA) is 49.0 Å². The summed E-state index contributed by atoms with van der Waals surface area (Å²) in [6.07, 6.45) is 1.26. The second-order valence-electron chi connectivity index (χ2n) is 3.30. The zero-order chi connectivity index (χ0) is 12.4. The molecule has 0 N–H and O–H groups in total. The highest BCUT2D eigenvalue weighted by atomic mass is 79.9. The fourth-order valence-corrected chi connectivity index (χ4v) is 1.72. The molecule has 2 rings (SSSR count). The van der Waals surface area contributed by atoms with Gasteiger partial charge in [-0.2, -0.15) is 9.78 Å². The Kier molecular flexibility index (Phi) is 3.39. The SMILES string of the molecule is COCn1ncn(-c2ccc(Br)cc2F)c1=O. The molecule has 0 saturated carbocycles. The first-order valence-electron chi connectivity index (χ1n) is 4.72. The number of rotatable bonds is 3. The summed E-state index contributed by atoms with van der Waals surface area (Å²) in [7, 11) is 1.45. The normalized spacial score (nSPS) is 10.8. The second-order valence-corrected chi connectivity index (χ2v) is 4.21. The molecule has 0 fully saturated rings. The van der Waals surface area contributed by atoms with Gasteiger partial charge < -0.3 is 4.74 Å². The number of aromatic nitrogens is 3. The molecule has 1 aromatic carbocycles. The fraction of sp³-hybridized carbons (Fsp3) is 0.200. The number of hydrogen-bond acceptors (Lipinski definition) is 3. The van der Waals surface area contributed by atoms with Crippen molar-refractivity contribution in [3.05, 3.63) is 45.3 Å². The molecule has 0 bridgehead atoms. The average Bonchev–Trinajstić information content (AvgIpc) is 2.62. The Labute approximate surface area is 105 Å². The minimum absolute atomic E-state index is 0.0317. The lowest BCUT2D eigenvalue weighted by atomic mass is 10.3. The van der Waals surface area contributed by atoms with Crippen LogP contribution in [0.5, 0.6) is 0 Å². The van der Waals surface area contributed by atoms with Gasteiger partial charge in [0.15, 0.2) is 0 Å². The maximum atomic E-state index is 13.7. The number of hydrogen-bond donors (Lipinski definition) is 0.